The molecule has 2 rings (SSSR count). The Morgan fingerprint density at radius 1 is 1.16 bits per heavy atom. The van der Waals surface area contributed by atoms with Crippen LogP contribution in [-0.4, -0.2) is 38.3 Å². The largest absolute Gasteiger partial charge is 0.373 e. The van der Waals surface area contributed by atoms with Crippen molar-refractivity contribution in [1.29, 1.82) is 0 Å². The van der Waals surface area contributed by atoms with Crippen LogP contribution < -0.4 is 15.5 Å². The zero-order valence-electron chi connectivity index (χ0n) is 15.7. The van der Waals surface area contributed by atoms with E-state index in [0.717, 1.165) is 48.9 Å². The molecule has 1 aromatic heterocycles. The Morgan fingerprint density at radius 3 is 2.56 bits per heavy atom. The molecule has 0 unspecified atom stereocenters. The first kappa shape index (κ1) is 18.8. The van der Waals surface area contributed by atoms with Crippen LogP contribution in [0.4, 0.5) is 5.69 Å². The van der Waals surface area contributed by atoms with Crippen LogP contribution in [0.25, 0.3) is 0 Å². The molecule has 0 amide bonds. The molecule has 0 saturated heterocycles. The van der Waals surface area contributed by atoms with Crippen LogP contribution in [0.5, 0.6) is 0 Å². The van der Waals surface area contributed by atoms with Crippen molar-refractivity contribution in [1.82, 2.24) is 15.8 Å². The van der Waals surface area contributed by atoms with E-state index in [4.69, 9.17) is 4.52 Å². The molecule has 0 spiro atoms. The minimum Gasteiger partial charge on any atom is -0.373 e. The summed E-state index contributed by atoms with van der Waals surface area (Å²) < 4.78 is 5.41. The van der Waals surface area contributed by atoms with Gasteiger partial charge < -0.3 is 20.1 Å². The second-order valence-electron chi connectivity index (χ2n) is 5.85. The number of nitrogens with one attached hydrogen (secondary N) is 2. The van der Waals surface area contributed by atoms with Crippen molar-refractivity contribution in [3.8, 4) is 0 Å². The molecule has 6 heteroatoms. The summed E-state index contributed by atoms with van der Waals surface area (Å²) in [6.07, 6.45) is 1.71. The van der Waals surface area contributed by atoms with Crippen molar-refractivity contribution in [3.05, 3.63) is 47.3 Å². The molecule has 0 fully saturated rings. The normalized spacial score (nSPS) is 11.4. The summed E-state index contributed by atoms with van der Waals surface area (Å²) in [6.45, 7) is 6.53. The van der Waals surface area contributed by atoms with Gasteiger partial charge in [0.25, 0.3) is 0 Å². The average Bonchev–Trinajstić information content (AvgIpc) is 3.07. The van der Waals surface area contributed by atoms with Crippen LogP contribution in [0, 0.1) is 0 Å². The van der Waals surface area contributed by atoms with Crippen molar-refractivity contribution in [2.75, 3.05) is 32.1 Å². The Bertz CT molecular complexity index is 644. The standard InChI is InChI=1S/C19H29N5O/c1-5-17-16(18(6-2)25-23-17)14-22-19(20-3)21-12-13-24(4)15-10-8-7-9-11-15/h7-11H,5-6,12-14H2,1-4H3,(H2,20,21,22). The summed E-state index contributed by atoms with van der Waals surface area (Å²) >= 11 is 0. The fourth-order valence-electron chi connectivity index (χ4n) is 2.68. The summed E-state index contributed by atoms with van der Waals surface area (Å²) in [7, 11) is 3.87. The van der Waals surface area contributed by atoms with Crippen molar-refractivity contribution in [2.45, 2.75) is 33.2 Å². The number of benzene rings is 1. The second kappa shape index (κ2) is 9.71. The van der Waals surface area contributed by atoms with Gasteiger partial charge in [-0.2, -0.15) is 0 Å². The fraction of sp³-hybridized carbons (Fsp3) is 0.474. The van der Waals surface area contributed by atoms with E-state index >= 15 is 0 Å². The molecular formula is C19H29N5O. The Morgan fingerprint density at radius 2 is 1.92 bits per heavy atom. The van der Waals surface area contributed by atoms with Gasteiger partial charge in [-0.1, -0.05) is 37.2 Å². The van der Waals surface area contributed by atoms with E-state index in [1.54, 1.807) is 7.05 Å². The highest BCUT2D eigenvalue weighted by molar-refractivity contribution is 5.79. The molecule has 0 bridgehead atoms. The molecule has 136 valence electrons. The lowest BCUT2D eigenvalue weighted by Crippen LogP contribution is -2.40. The van der Waals surface area contributed by atoms with Crippen LogP contribution >= 0.6 is 0 Å². The minimum atomic E-state index is 0.671. The molecular weight excluding hydrogens is 314 g/mol. The monoisotopic (exact) mass is 343 g/mol. The Hall–Kier alpha value is -2.50. The van der Waals surface area contributed by atoms with Crippen molar-refractivity contribution in [3.63, 3.8) is 0 Å². The molecule has 0 aliphatic rings. The van der Waals surface area contributed by atoms with Gasteiger partial charge in [-0.25, -0.2) is 0 Å². The van der Waals surface area contributed by atoms with Gasteiger partial charge in [0, 0.05) is 51.4 Å². The maximum atomic E-state index is 5.41. The summed E-state index contributed by atoms with van der Waals surface area (Å²) in [5.74, 6) is 1.73. The number of aryl methyl sites for hydroxylation is 2. The Balaban J connectivity index is 1.82. The van der Waals surface area contributed by atoms with Gasteiger partial charge in [-0.3, -0.25) is 4.99 Å². The molecule has 0 aliphatic heterocycles. The molecule has 2 aromatic rings. The first-order valence-electron chi connectivity index (χ1n) is 8.86. The number of hydrogen-bond donors (Lipinski definition) is 2. The number of rotatable bonds is 8. The van der Waals surface area contributed by atoms with Crippen LogP contribution in [0.3, 0.4) is 0 Å². The van der Waals surface area contributed by atoms with Gasteiger partial charge >= 0.3 is 0 Å². The Labute approximate surface area is 150 Å². The van der Waals surface area contributed by atoms with E-state index in [0.29, 0.717) is 6.54 Å². The number of nitrogens with zero attached hydrogens (tertiary/aromatic N) is 3. The third-order valence-electron chi connectivity index (χ3n) is 4.20. The average molecular weight is 343 g/mol. The van der Waals surface area contributed by atoms with E-state index in [1.165, 1.54) is 5.69 Å². The van der Waals surface area contributed by atoms with Crippen LogP contribution in [0.15, 0.2) is 39.8 Å². The highest BCUT2D eigenvalue weighted by Gasteiger charge is 2.13. The summed E-state index contributed by atoms with van der Waals surface area (Å²) in [6, 6.07) is 10.3. The van der Waals surface area contributed by atoms with Gasteiger partial charge in [-0.05, 0) is 18.6 Å². The third-order valence-corrected chi connectivity index (χ3v) is 4.20. The van der Waals surface area contributed by atoms with E-state index in [1.807, 2.05) is 6.07 Å². The van der Waals surface area contributed by atoms with E-state index < -0.39 is 0 Å². The Kier molecular flexibility index (Phi) is 7.32. The smallest absolute Gasteiger partial charge is 0.191 e. The molecule has 1 heterocycles. The van der Waals surface area contributed by atoms with Gasteiger partial charge in [-0.15, -0.1) is 0 Å². The fourth-order valence-corrected chi connectivity index (χ4v) is 2.68. The van der Waals surface area contributed by atoms with Crippen LogP contribution in [-0.2, 0) is 19.4 Å². The molecule has 2 N–H and O–H groups in total. The summed E-state index contributed by atoms with van der Waals surface area (Å²) in [5.41, 5.74) is 3.37. The molecule has 0 saturated carbocycles. The second-order valence-corrected chi connectivity index (χ2v) is 5.85. The van der Waals surface area contributed by atoms with Gasteiger partial charge in [0.1, 0.15) is 5.76 Å². The van der Waals surface area contributed by atoms with Crippen molar-refractivity contribution in [2.24, 2.45) is 4.99 Å². The van der Waals surface area contributed by atoms with Gasteiger partial charge in [0.05, 0.1) is 5.69 Å². The first-order chi connectivity index (χ1) is 12.2. The number of hydrogen-bond acceptors (Lipinski definition) is 4. The third kappa shape index (κ3) is 5.24. The zero-order valence-corrected chi connectivity index (χ0v) is 15.7. The predicted molar refractivity (Wildman–Crippen MR) is 103 cm³/mol. The van der Waals surface area contributed by atoms with E-state index in [9.17, 15) is 0 Å². The lowest BCUT2D eigenvalue weighted by atomic mass is 10.1. The quantitative estimate of drug-likeness (QED) is 0.570. The molecule has 25 heavy (non-hydrogen) atoms. The molecule has 1 aromatic carbocycles. The highest BCUT2D eigenvalue weighted by Crippen LogP contribution is 2.15. The zero-order chi connectivity index (χ0) is 18.1. The molecule has 0 aliphatic carbocycles. The number of likely N-dealkylation sites (N-methyl/N-ethyl adjacent to an activating group) is 1. The molecule has 6 nitrogen and oxygen atoms in total. The lowest BCUT2D eigenvalue weighted by Gasteiger charge is -2.20. The number of guanidine groups is 1. The van der Waals surface area contributed by atoms with Gasteiger partial charge in [0.15, 0.2) is 5.96 Å². The maximum Gasteiger partial charge on any atom is 0.191 e. The van der Waals surface area contributed by atoms with E-state index in [-0.39, 0.29) is 0 Å². The summed E-state index contributed by atoms with van der Waals surface area (Å²) in [4.78, 5) is 6.51. The highest BCUT2D eigenvalue weighted by atomic mass is 16.5. The molecule has 0 radical (unpaired) electrons. The predicted octanol–water partition coefficient (Wildman–Crippen LogP) is 2.60. The first-order valence-corrected chi connectivity index (χ1v) is 8.86. The number of aliphatic imine (C=N–C) groups is 1. The lowest BCUT2D eigenvalue weighted by molar-refractivity contribution is 0.380. The number of para-hydroxylation sites is 1. The number of aromatic nitrogens is 1. The van der Waals surface area contributed by atoms with Crippen LogP contribution in [0.1, 0.15) is 30.9 Å². The van der Waals surface area contributed by atoms with Crippen molar-refractivity contribution < 1.29 is 4.52 Å². The maximum absolute atomic E-state index is 5.41. The topological polar surface area (TPSA) is 65.7 Å². The SMILES string of the molecule is CCc1noc(CC)c1CNC(=NC)NCCN(C)c1ccccc1. The molecule has 0 atom stereocenters. The minimum absolute atomic E-state index is 0.671. The van der Waals surface area contributed by atoms with Crippen molar-refractivity contribution >= 4 is 11.6 Å². The van der Waals surface area contributed by atoms with Crippen LogP contribution in [0.2, 0.25) is 0 Å². The van der Waals surface area contributed by atoms with E-state index in [2.05, 4.69) is 70.8 Å². The number of anilines is 1. The summed E-state index contributed by atoms with van der Waals surface area (Å²) in [5, 5.41) is 10.9. The van der Waals surface area contributed by atoms with Gasteiger partial charge in [0.2, 0.25) is 0 Å².